The van der Waals surface area contributed by atoms with Gasteiger partial charge in [-0.25, -0.2) is 9.59 Å². The van der Waals surface area contributed by atoms with Crippen molar-refractivity contribution in [2.24, 2.45) is 11.5 Å². The van der Waals surface area contributed by atoms with Crippen molar-refractivity contribution in [1.29, 1.82) is 5.41 Å². The van der Waals surface area contributed by atoms with Crippen LogP contribution in [0.15, 0.2) is 29.2 Å². The number of hydrogen-bond donors (Lipinski definition) is 7. The monoisotopic (exact) mass is 672 g/mol. The average molecular weight is 673 g/mol. The molecule has 1 aliphatic heterocycles. The summed E-state index contributed by atoms with van der Waals surface area (Å²) in [6.45, 7) is 2.62. The molecule has 16 nitrogen and oxygen atoms in total. The van der Waals surface area contributed by atoms with Crippen molar-refractivity contribution in [1.82, 2.24) is 19.8 Å². The van der Waals surface area contributed by atoms with Crippen LogP contribution < -0.4 is 28.2 Å². The van der Waals surface area contributed by atoms with Gasteiger partial charge in [-0.3, -0.25) is 19.3 Å². The quantitative estimate of drug-likeness (QED) is 0.0362. The van der Waals surface area contributed by atoms with Crippen LogP contribution in [-0.4, -0.2) is 87.9 Å². The maximum atomic E-state index is 12.3. The molecule has 10 N–H and O–H groups in total. The Morgan fingerprint density at radius 2 is 1.72 bits per heavy atom. The molecule has 0 saturated heterocycles. The van der Waals surface area contributed by atoms with Crippen LogP contribution in [0.2, 0.25) is 0 Å². The van der Waals surface area contributed by atoms with Gasteiger partial charge in [0.05, 0.1) is 11.8 Å². The number of amides is 1. The first-order valence-corrected chi connectivity index (χ1v) is 17.2. The number of rotatable bonds is 19. The summed E-state index contributed by atoms with van der Waals surface area (Å²) in [5, 5.41) is 19.4. The predicted molar refractivity (Wildman–Crippen MR) is 176 cm³/mol. The number of carboxylic acid groups (broad SMARTS) is 1. The van der Waals surface area contributed by atoms with Crippen molar-refractivity contribution in [3.63, 3.8) is 0 Å². The lowest BCUT2D eigenvalue weighted by atomic mass is 10.1. The van der Waals surface area contributed by atoms with Crippen LogP contribution in [0.1, 0.15) is 90.2 Å². The lowest BCUT2D eigenvalue weighted by Gasteiger charge is -2.31. The second-order valence-corrected chi connectivity index (χ2v) is 12.9. The zero-order valence-electron chi connectivity index (χ0n) is 26.8. The van der Waals surface area contributed by atoms with Crippen LogP contribution in [-0.2, 0) is 24.4 Å². The van der Waals surface area contributed by atoms with Gasteiger partial charge in [0.2, 0.25) is 5.91 Å². The van der Waals surface area contributed by atoms with Crippen molar-refractivity contribution in [3.05, 3.63) is 34.9 Å². The van der Waals surface area contributed by atoms with E-state index < -0.39 is 52.1 Å². The molecule has 0 radical (unpaired) electrons. The van der Waals surface area contributed by atoms with Gasteiger partial charge >= 0.3 is 11.7 Å². The Kier molecular flexibility index (Phi) is 18.7. The summed E-state index contributed by atoms with van der Waals surface area (Å²) in [6.07, 6.45) is 13.8. The van der Waals surface area contributed by atoms with Crippen LogP contribution in [0.3, 0.4) is 0 Å². The first-order chi connectivity index (χ1) is 21.6. The Hall–Kier alpha value is -3.54. The van der Waals surface area contributed by atoms with E-state index in [1.807, 2.05) is 0 Å². The number of nitrogens with one attached hydrogen (secondary N) is 2. The minimum Gasteiger partial charge on any atom is -0.479 e. The van der Waals surface area contributed by atoms with Gasteiger partial charge in [0.15, 0.2) is 18.3 Å². The van der Waals surface area contributed by atoms with Crippen LogP contribution in [0.25, 0.3) is 0 Å². The van der Waals surface area contributed by atoms with Gasteiger partial charge in [-0.1, -0.05) is 70.8 Å². The molecular formula is C29H52N8O8S. The van der Waals surface area contributed by atoms with Crippen LogP contribution in [0.4, 0.5) is 5.82 Å². The molecule has 0 aliphatic carbocycles. The number of unbranched alkanes of at least 4 members (excludes halogenated alkanes) is 9. The number of ether oxygens (including phenoxy) is 1. The Bertz CT molecular complexity index is 1290. The molecule has 1 aliphatic rings. The fraction of sp³-hybridized carbons (Fsp3) is 0.690. The summed E-state index contributed by atoms with van der Waals surface area (Å²) < 4.78 is 35.9. The Balaban J connectivity index is 0.000000561. The second kappa shape index (κ2) is 21.3. The van der Waals surface area contributed by atoms with E-state index in [0.29, 0.717) is 19.4 Å². The van der Waals surface area contributed by atoms with Gasteiger partial charge in [0, 0.05) is 32.3 Å². The minimum absolute atomic E-state index is 0.0294. The van der Waals surface area contributed by atoms with E-state index in [0.717, 1.165) is 17.4 Å². The van der Waals surface area contributed by atoms with Crippen molar-refractivity contribution >= 4 is 33.8 Å². The van der Waals surface area contributed by atoms with Crippen LogP contribution in [0.5, 0.6) is 0 Å². The number of nitrogens with zero attached hydrogens (tertiary/aromatic N) is 3. The Labute approximate surface area is 271 Å². The number of carboxylic acids is 1. The number of nitrogen functional groups attached to an aromatic ring is 1. The fourth-order valence-corrected chi connectivity index (χ4v) is 5.12. The molecule has 1 aromatic rings. The third kappa shape index (κ3) is 17.2. The number of aromatic nitrogens is 2. The molecule has 0 unspecified atom stereocenters. The maximum Gasteiger partial charge on any atom is 0.351 e. The molecule has 0 spiro atoms. The molecule has 46 heavy (non-hydrogen) atoms. The number of guanidine groups is 1. The molecule has 262 valence electrons. The van der Waals surface area contributed by atoms with Gasteiger partial charge in [0.1, 0.15) is 5.82 Å². The van der Waals surface area contributed by atoms with Gasteiger partial charge in [0.25, 0.3) is 10.1 Å². The van der Waals surface area contributed by atoms with E-state index in [4.69, 9.17) is 31.9 Å². The largest absolute Gasteiger partial charge is 0.479 e. The molecule has 0 aromatic carbocycles. The van der Waals surface area contributed by atoms with Crippen molar-refractivity contribution in [2.75, 3.05) is 25.1 Å². The van der Waals surface area contributed by atoms with Gasteiger partial charge in [-0.05, 0) is 25.0 Å². The lowest BCUT2D eigenvalue weighted by Crippen LogP contribution is -2.51. The molecule has 2 rings (SSSR count). The fourth-order valence-electron chi connectivity index (χ4n) is 4.55. The first kappa shape index (κ1) is 40.5. The second-order valence-electron chi connectivity index (χ2n) is 11.3. The van der Waals surface area contributed by atoms with E-state index in [1.54, 1.807) is 7.05 Å². The number of carbonyl (C=O) groups is 2. The van der Waals surface area contributed by atoms with E-state index in [2.05, 4.69) is 17.2 Å². The SMILES string of the molecule is CCCCCCCCCCCCS(=O)(=O)O.CN(CC[C@H](N)CC(=O)N[C@H]1C=C[C@H](n2ccc(N)nc2=O)O[C@@H]1C(=O)O)C(=N)N. The zero-order chi connectivity index (χ0) is 34.7. The normalized spacial score (nSPS) is 18.2. The maximum absolute atomic E-state index is 12.3. The van der Waals surface area contributed by atoms with Crippen molar-refractivity contribution in [2.45, 2.75) is 108 Å². The molecule has 1 aromatic heterocycles. The topological polar surface area (TPSA) is 270 Å². The molecule has 2 heterocycles. The molecule has 0 bridgehead atoms. The number of anilines is 1. The average Bonchev–Trinajstić information content (AvgIpc) is 2.96. The summed E-state index contributed by atoms with van der Waals surface area (Å²) in [6, 6.07) is -0.0702. The highest BCUT2D eigenvalue weighted by Crippen LogP contribution is 2.21. The highest BCUT2D eigenvalue weighted by atomic mass is 32.2. The molecule has 0 saturated carbocycles. The Morgan fingerprint density at radius 3 is 2.24 bits per heavy atom. The summed E-state index contributed by atoms with van der Waals surface area (Å²) in [7, 11) is -2.10. The summed E-state index contributed by atoms with van der Waals surface area (Å²) in [4.78, 5) is 40.9. The van der Waals surface area contributed by atoms with Crippen LogP contribution >= 0.6 is 0 Å². The van der Waals surface area contributed by atoms with Gasteiger partial charge < -0.3 is 37.3 Å². The van der Waals surface area contributed by atoms with Crippen LogP contribution in [0, 0.1) is 5.41 Å². The molecule has 17 heteroatoms. The molecule has 4 atom stereocenters. The number of carbonyl (C=O) groups excluding carboxylic acids is 1. The number of aliphatic carboxylic acids is 1. The van der Waals surface area contributed by atoms with E-state index >= 15 is 0 Å². The van der Waals surface area contributed by atoms with E-state index in [9.17, 15) is 27.9 Å². The number of nitrogens with two attached hydrogens (primary N) is 3. The molecule has 0 fully saturated rings. The third-order valence-corrected chi connectivity index (χ3v) is 8.05. The standard InChI is InChI=1S/C17H26N8O5.C12H26O3S/c1-24(16(20)21)6-4-9(18)8-12(26)22-10-2-3-13(30-14(10)15(27)28)25-7-5-11(19)23-17(25)29;1-2-3-4-5-6-7-8-9-10-11-12-16(13,14)15/h2-3,5,7,9-10,13-14H,4,6,8,18H2,1H3,(H3,20,21)(H,22,26)(H,27,28)(H2,19,23,29);2-12H2,1H3,(H,13,14,15)/t9-,10-,13+,14-;/m0./s1. The lowest BCUT2D eigenvalue weighted by molar-refractivity contribution is -0.159. The van der Waals surface area contributed by atoms with E-state index in [1.165, 1.54) is 74.3 Å². The summed E-state index contributed by atoms with van der Waals surface area (Å²) in [5.74, 6) is -1.92. The summed E-state index contributed by atoms with van der Waals surface area (Å²) >= 11 is 0. The first-order valence-electron chi connectivity index (χ1n) is 15.6. The summed E-state index contributed by atoms with van der Waals surface area (Å²) in [5.41, 5.74) is 16.0. The van der Waals surface area contributed by atoms with Crippen molar-refractivity contribution in [3.8, 4) is 0 Å². The van der Waals surface area contributed by atoms with E-state index in [-0.39, 0.29) is 24.0 Å². The third-order valence-electron chi connectivity index (χ3n) is 7.24. The van der Waals surface area contributed by atoms with Gasteiger partial charge in [-0.2, -0.15) is 13.4 Å². The Morgan fingerprint density at radius 1 is 1.13 bits per heavy atom. The molecular weight excluding hydrogens is 620 g/mol. The van der Waals surface area contributed by atoms with Gasteiger partial charge in [-0.15, -0.1) is 0 Å². The molecule has 1 amide bonds. The highest BCUT2D eigenvalue weighted by molar-refractivity contribution is 7.85. The predicted octanol–water partition coefficient (Wildman–Crippen LogP) is 1.58. The minimum atomic E-state index is -3.73. The smallest absolute Gasteiger partial charge is 0.351 e. The highest BCUT2D eigenvalue weighted by Gasteiger charge is 2.35. The van der Waals surface area contributed by atoms with Crippen molar-refractivity contribution < 1.29 is 32.4 Å². The number of hydrogen-bond acceptors (Lipinski definition) is 10. The zero-order valence-corrected chi connectivity index (χ0v) is 27.7.